The van der Waals surface area contributed by atoms with E-state index >= 15 is 0 Å². The Kier molecular flexibility index (Phi) is 4.99. The number of nitro benzene ring substituents is 1. The molecule has 0 heterocycles. The predicted octanol–water partition coefficient (Wildman–Crippen LogP) is 3.99. The number of benzene rings is 1. The van der Waals surface area contributed by atoms with Crippen LogP contribution >= 0.6 is 0 Å². The molecular formula is C17H26N2O2. The molecule has 0 atom stereocenters. The minimum atomic E-state index is -0.290. The van der Waals surface area contributed by atoms with Crippen molar-refractivity contribution in [1.82, 2.24) is 0 Å². The lowest BCUT2D eigenvalue weighted by atomic mass is 9.66. The fraction of sp³-hybridized carbons (Fsp3) is 0.647. The Morgan fingerprint density at radius 2 is 2.05 bits per heavy atom. The zero-order valence-corrected chi connectivity index (χ0v) is 13.1. The number of hydrogen-bond donors (Lipinski definition) is 1. The molecule has 1 aliphatic carbocycles. The molecular weight excluding hydrogens is 264 g/mol. The van der Waals surface area contributed by atoms with Crippen LogP contribution in [0.3, 0.4) is 0 Å². The lowest BCUT2D eigenvalue weighted by Crippen LogP contribution is -2.37. The number of nitrogens with zero attached hydrogens (tertiary/aromatic N) is 1. The SMILES string of the molecule is CCC1CCC(CN)(Cc2cccc([N+](=O)[O-])c2C)CC1. The molecule has 2 N–H and O–H groups in total. The lowest BCUT2D eigenvalue weighted by Gasteiger charge is -2.39. The average molecular weight is 290 g/mol. The fourth-order valence-corrected chi connectivity index (χ4v) is 3.61. The molecule has 0 radical (unpaired) electrons. The van der Waals surface area contributed by atoms with Crippen molar-refractivity contribution in [2.45, 2.75) is 52.4 Å². The second kappa shape index (κ2) is 6.56. The summed E-state index contributed by atoms with van der Waals surface area (Å²) in [7, 11) is 0. The van der Waals surface area contributed by atoms with Crippen LogP contribution in [0.15, 0.2) is 18.2 Å². The molecule has 1 aliphatic rings. The number of nitro groups is 1. The van der Waals surface area contributed by atoms with Crippen molar-refractivity contribution < 1.29 is 4.92 Å². The Morgan fingerprint density at radius 1 is 1.38 bits per heavy atom. The van der Waals surface area contributed by atoms with Crippen LogP contribution in [-0.2, 0) is 6.42 Å². The number of hydrogen-bond acceptors (Lipinski definition) is 3. The molecule has 1 aromatic rings. The van der Waals surface area contributed by atoms with Gasteiger partial charge in [0, 0.05) is 11.6 Å². The van der Waals surface area contributed by atoms with Crippen LogP contribution < -0.4 is 5.73 Å². The van der Waals surface area contributed by atoms with E-state index in [-0.39, 0.29) is 16.0 Å². The highest BCUT2D eigenvalue weighted by Crippen LogP contribution is 2.42. The summed E-state index contributed by atoms with van der Waals surface area (Å²) in [6.45, 7) is 4.78. The Labute approximate surface area is 126 Å². The molecule has 0 aromatic heterocycles. The van der Waals surface area contributed by atoms with Crippen molar-refractivity contribution in [3.63, 3.8) is 0 Å². The van der Waals surface area contributed by atoms with Crippen LogP contribution in [-0.4, -0.2) is 11.5 Å². The van der Waals surface area contributed by atoms with Gasteiger partial charge >= 0.3 is 0 Å². The summed E-state index contributed by atoms with van der Waals surface area (Å²) in [5.74, 6) is 0.830. The van der Waals surface area contributed by atoms with E-state index in [0.29, 0.717) is 6.54 Å². The lowest BCUT2D eigenvalue weighted by molar-refractivity contribution is -0.385. The summed E-state index contributed by atoms with van der Waals surface area (Å²) < 4.78 is 0. The maximum Gasteiger partial charge on any atom is 0.272 e. The predicted molar refractivity (Wildman–Crippen MR) is 85.3 cm³/mol. The minimum absolute atomic E-state index is 0.131. The Balaban J connectivity index is 2.20. The highest BCUT2D eigenvalue weighted by atomic mass is 16.6. The maximum atomic E-state index is 11.1. The van der Waals surface area contributed by atoms with Crippen LogP contribution in [0.1, 0.15) is 50.2 Å². The van der Waals surface area contributed by atoms with Gasteiger partial charge in [-0.1, -0.05) is 25.5 Å². The minimum Gasteiger partial charge on any atom is -0.330 e. The summed E-state index contributed by atoms with van der Waals surface area (Å²) in [5, 5.41) is 11.1. The maximum absolute atomic E-state index is 11.1. The standard InChI is InChI=1S/C17H26N2O2/c1-3-14-7-9-17(12-18,10-8-14)11-15-5-4-6-16(13(15)2)19(20)21/h4-6,14H,3,7-12,18H2,1-2H3. The first-order valence-electron chi connectivity index (χ1n) is 7.94. The van der Waals surface area contributed by atoms with Gasteiger partial charge in [-0.25, -0.2) is 0 Å². The molecule has 116 valence electrons. The Morgan fingerprint density at radius 3 is 2.57 bits per heavy atom. The molecule has 0 aliphatic heterocycles. The third kappa shape index (κ3) is 3.43. The van der Waals surface area contributed by atoms with Crippen molar-refractivity contribution in [3.05, 3.63) is 39.4 Å². The summed E-state index contributed by atoms with van der Waals surface area (Å²) >= 11 is 0. The largest absolute Gasteiger partial charge is 0.330 e. The molecule has 0 saturated heterocycles. The Bertz CT molecular complexity index is 506. The molecule has 0 bridgehead atoms. The second-order valence-corrected chi connectivity index (χ2v) is 6.55. The van der Waals surface area contributed by atoms with Gasteiger partial charge in [0.15, 0.2) is 0 Å². The van der Waals surface area contributed by atoms with Gasteiger partial charge in [-0.15, -0.1) is 0 Å². The van der Waals surface area contributed by atoms with E-state index in [4.69, 9.17) is 5.73 Å². The van der Waals surface area contributed by atoms with Crippen molar-refractivity contribution >= 4 is 5.69 Å². The molecule has 2 rings (SSSR count). The van der Waals surface area contributed by atoms with Crippen LogP contribution in [0.2, 0.25) is 0 Å². The van der Waals surface area contributed by atoms with Crippen molar-refractivity contribution in [2.24, 2.45) is 17.1 Å². The van der Waals surface area contributed by atoms with E-state index in [9.17, 15) is 10.1 Å². The van der Waals surface area contributed by atoms with Crippen LogP contribution in [0.5, 0.6) is 0 Å². The number of rotatable bonds is 5. The first kappa shape index (κ1) is 16.0. The van der Waals surface area contributed by atoms with Gasteiger partial charge < -0.3 is 5.73 Å². The van der Waals surface area contributed by atoms with E-state index in [1.807, 2.05) is 13.0 Å². The molecule has 0 amide bonds. The topological polar surface area (TPSA) is 69.2 Å². The van der Waals surface area contributed by atoms with E-state index < -0.39 is 0 Å². The van der Waals surface area contributed by atoms with Crippen LogP contribution in [0, 0.1) is 28.4 Å². The highest BCUT2D eigenvalue weighted by molar-refractivity contribution is 5.44. The van der Waals surface area contributed by atoms with Crippen molar-refractivity contribution in [3.8, 4) is 0 Å². The molecule has 1 aromatic carbocycles. The second-order valence-electron chi connectivity index (χ2n) is 6.55. The average Bonchev–Trinajstić information content (AvgIpc) is 2.50. The quantitative estimate of drug-likeness (QED) is 0.658. The van der Waals surface area contributed by atoms with Crippen LogP contribution in [0.25, 0.3) is 0 Å². The summed E-state index contributed by atoms with van der Waals surface area (Å²) in [5.41, 5.74) is 8.33. The third-order valence-electron chi connectivity index (χ3n) is 5.36. The Hall–Kier alpha value is -1.42. The normalized spacial score (nSPS) is 25.8. The molecule has 0 unspecified atom stereocenters. The summed E-state index contributed by atoms with van der Waals surface area (Å²) in [6.07, 6.45) is 6.88. The summed E-state index contributed by atoms with van der Waals surface area (Å²) in [4.78, 5) is 10.8. The highest BCUT2D eigenvalue weighted by Gasteiger charge is 2.34. The molecule has 1 fully saturated rings. The van der Waals surface area contributed by atoms with Crippen molar-refractivity contribution in [1.29, 1.82) is 0 Å². The summed E-state index contributed by atoms with van der Waals surface area (Å²) in [6, 6.07) is 5.40. The number of nitrogens with two attached hydrogens (primary N) is 1. The first-order chi connectivity index (χ1) is 10.0. The van der Waals surface area contributed by atoms with Gasteiger partial charge in [-0.2, -0.15) is 0 Å². The third-order valence-corrected chi connectivity index (χ3v) is 5.36. The molecule has 21 heavy (non-hydrogen) atoms. The van der Waals surface area contributed by atoms with Gasteiger partial charge in [0.05, 0.1) is 4.92 Å². The van der Waals surface area contributed by atoms with E-state index in [1.54, 1.807) is 12.1 Å². The van der Waals surface area contributed by atoms with Crippen molar-refractivity contribution in [2.75, 3.05) is 6.54 Å². The van der Waals surface area contributed by atoms with Gasteiger partial charge in [0.2, 0.25) is 0 Å². The zero-order chi connectivity index (χ0) is 15.5. The molecule has 4 heteroatoms. The first-order valence-corrected chi connectivity index (χ1v) is 7.94. The van der Waals surface area contributed by atoms with E-state index in [1.165, 1.54) is 19.3 Å². The van der Waals surface area contributed by atoms with Gasteiger partial charge in [-0.3, -0.25) is 10.1 Å². The monoisotopic (exact) mass is 290 g/mol. The van der Waals surface area contributed by atoms with E-state index in [0.717, 1.165) is 36.3 Å². The zero-order valence-electron chi connectivity index (χ0n) is 13.1. The van der Waals surface area contributed by atoms with Gasteiger partial charge in [-0.05, 0) is 62.5 Å². The molecule has 4 nitrogen and oxygen atoms in total. The van der Waals surface area contributed by atoms with Gasteiger partial charge in [0.1, 0.15) is 0 Å². The smallest absolute Gasteiger partial charge is 0.272 e. The van der Waals surface area contributed by atoms with Crippen LogP contribution in [0.4, 0.5) is 5.69 Å². The molecule has 0 spiro atoms. The van der Waals surface area contributed by atoms with E-state index in [2.05, 4.69) is 6.92 Å². The fourth-order valence-electron chi connectivity index (χ4n) is 3.61. The molecule has 1 saturated carbocycles. The van der Waals surface area contributed by atoms with Gasteiger partial charge in [0.25, 0.3) is 5.69 Å².